The van der Waals surface area contributed by atoms with Gasteiger partial charge in [-0.1, -0.05) is 40.2 Å². The summed E-state index contributed by atoms with van der Waals surface area (Å²) in [4.78, 5) is 0. The predicted octanol–water partition coefficient (Wildman–Crippen LogP) is 4.21. The zero-order valence-corrected chi connectivity index (χ0v) is 12.4. The summed E-state index contributed by atoms with van der Waals surface area (Å²) in [6.45, 7) is 0.948. The van der Waals surface area contributed by atoms with Gasteiger partial charge in [-0.25, -0.2) is 0 Å². The van der Waals surface area contributed by atoms with E-state index in [0.717, 1.165) is 22.5 Å². The van der Waals surface area contributed by atoms with E-state index in [0.29, 0.717) is 5.92 Å². The van der Waals surface area contributed by atoms with Crippen LogP contribution in [0.15, 0.2) is 46.9 Å². The minimum Gasteiger partial charge on any atom is -0.495 e. The van der Waals surface area contributed by atoms with Crippen LogP contribution in [-0.2, 0) is 6.42 Å². The maximum Gasteiger partial charge on any atom is 0.142 e. The highest BCUT2D eigenvalue weighted by Crippen LogP contribution is 2.36. The zero-order valence-electron chi connectivity index (χ0n) is 10.8. The first kappa shape index (κ1) is 12.5. The van der Waals surface area contributed by atoms with Gasteiger partial charge in [0.15, 0.2) is 0 Å². The lowest BCUT2D eigenvalue weighted by atomic mass is 9.77. The molecule has 3 heteroatoms. The van der Waals surface area contributed by atoms with Gasteiger partial charge in [-0.2, -0.15) is 0 Å². The summed E-state index contributed by atoms with van der Waals surface area (Å²) in [5, 5.41) is 3.49. The molecule has 0 saturated carbocycles. The van der Waals surface area contributed by atoms with E-state index in [9.17, 15) is 0 Å². The van der Waals surface area contributed by atoms with Gasteiger partial charge in [0.1, 0.15) is 5.75 Å². The van der Waals surface area contributed by atoms with Gasteiger partial charge in [-0.15, -0.1) is 0 Å². The average Bonchev–Trinajstić information content (AvgIpc) is 2.40. The highest BCUT2D eigenvalue weighted by molar-refractivity contribution is 9.10. The zero-order chi connectivity index (χ0) is 13.2. The quantitative estimate of drug-likeness (QED) is 0.912. The standard InChI is InChI=1S/C16H16BrNO/c1-19-16-7-6-13(17)9-15(16)18-10-12-8-11-4-2-3-5-14(11)12/h2-7,9,12,18H,8,10H2,1H3. The van der Waals surface area contributed by atoms with Gasteiger partial charge in [-0.3, -0.25) is 0 Å². The Bertz CT molecular complexity index is 597. The highest BCUT2D eigenvalue weighted by atomic mass is 79.9. The molecule has 0 heterocycles. The van der Waals surface area contributed by atoms with Gasteiger partial charge >= 0.3 is 0 Å². The summed E-state index contributed by atoms with van der Waals surface area (Å²) < 4.78 is 6.43. The van der Waals surface area contributed by atoms with Crippen LogP contribution in [0.5, 0.6) is 5.75 Å². The van der Waals surface area contributed by atoms with Gasteiger partial charge in [0.05, 0.1) is 12.8 Å². The normalized spacial score (nSPS) is 16.4. The fraction of sp³-hybridized carbons (Fsp3) is 0.250. The minimum atomic E-state index is 0.611. The first-order valence-electron chi connectivity index (χ1n) is 6.43. The Labute approximate surface area is 121 Å². The monoisotopic (exact) mass is 317 g/mol. The lowest BCUT2D eigenvalue weighted by Gasteiger charge is -2.30. The van der Waals surface area contributed by atoms with E-state index in [-0.39, 0.29) is 0 Å². The second-order valence-corrected chi connectivity index (χ2v) is 5.74. The summed E-state index contributed by atoms with van der Waals surface area (Å²) in [5.74, 6) is 1.50. The molecule has 1 atom stereocenters. The van der Waals surface area contributed by atoms with Crippen LogP contribution < -0.4 is 10.1 Å². The Kier molecular flexibility index (Phi) is 3.47. The molecule has 0 spiro atoms. The summed E-state index contributed by atoms with van der Waals surface area (Å²) in [5.41, 5.74) is 4.00. The Hall–Kier alpha value is -1.48. The fourth-order valence-corrected chi connectivity index (χ4v) is 2.96. The molecule has 1 unspecified atom stereocenters. The first-order valence-corrected chi connectivity index (χ1v) is 7.22. The molecule has 2 aromatic carbocycles. The predicted molar refractivity (Wildman–Crippen MR) is 82.1 cm³/mol. The number of methoxy groups -OCH3 is 1. The van der Waals surface area contributed by atoms with E-state index < -0.39 is 0 Å². The third kappa shape index (κ3) is 2.47. The van der Waals surface area contributed by atoms with Crippen molar-refractivity contribution in [2.45, 2.75) is 12.3 Å². The van der Waals surface area contributed by atoms with Gasteiger partial charge < -0.3 is 10.1 Å². The number of rotatable bonds is 4. The molecular weight excluding hydrogens is 302 g/mol. The van der Waals surface area contributed by atoms with Crippen LogP contribution in [0, 0.1) is 0 Å². The van der Waals surface area contributed by atoms with Crippen molar-refractivity contribution < 1.29 is 4.74 Å². The molecular formula is C16H16BrNO. The van der Waals surface area contributed by atoms with Gasteiger partial charge in [0, 0.05) is 16.9 Å². The van der Waals surface area contributed by atoms with Crippen molar-refractivity contribution in [1.29, 1.82) is 0 Å². The van der Waals surface area contributed by atoms with Crippen LogP contribution in [0.3, 0.4) is 0 Å². The SMILES string of the molecule is COc1ccc(Br)cc1NCC1Cc2ccccc21. The molecule has 1 aliphatic carbocycles. The third-order valence-electron chi connectivity index (χ3n) is 3.66. The summed E-state index contributed by atoms with van der Waals surface area (Å²) >= 11 is 3.49. The minimum absolute atomic E-state index is 0.611. The number of ether oxygens (including phenoxy) is 1. The van der Waals surface area contributed by atoms with Crippen LogP contribution in [0.25, 0.3) is 0 Å². The van der Waals surface area contributed by atoms with Crippen molar-refractivity contribution in [1.82, 2.24) is 0 Å². The van der Waals surface area contributed by atoms with Gasteiger partial charge in [0.25, 0.3) is 0 Å². The average molecular weight is 318 g/mol. The Morgan fingerprint density at radius 2 is 2.11 bits per heavy atom. The molecule has 3 rings (SSSR count). The van der Waals surface area contributed by atoms with Crippen molar-refractivity contribution >= 4 is 21.6 Å². The molecule has 2 nitrogen and oxygen atoms in total. The lowest BCUT2D eigenvalue weighted by Crippen LogP contribution is -2.24. The van der Waals surface area contributed by atoms with E-state index in [1.807, 2.05) is 12.1 Å². The van der Waals surface area contributed by atoms with Gasteiger partial charge in [0.2, 0.25) is 0 Å². The molecule has 19 heavy (non-hydrogen) atoms. The first-order chi connectivity index (χ1) is 9.28. The second-order valence-electron chi connectivity index (χ2n) is 4.83. The molecule has 0 aliphatic heterocycles. The number of anilines is 1. The Balaban J connectivity index is 1.70. The van der Waals surface area contributed by atoms with E-state index in [4.69, 9.17) is 4.74 Å². The van der Waals surface area contributed by atoms with Crippen LogP contribution in [0.1, 0.15) is 17.0 Å². The molecule has 0 saturated heterocycles. The van der Waals surface area contributed by atoms with Crippen molar-refractivity contribution in [3.63, 3.8) is 0 Å². The Morgan fingerprint density at radius 3 is 2.89 bits per heavy atom. The van der Waals surface area contributed by atoms with Gasteiger partial charge in [-0.05, 0) is 35.7 Å². The topological polar surface area (TPSA) is 21.3 Å². The number of nitrogens with one attached hydrogen (secondary N) is 1. The molecule has 0 amide bonds. The van der Waals surface area contributed by atoms with Crippen LogP contribution in [-0.4, -0.2) is 13.7 Å². The summed E-state index contributed by atoms with van der Waals surface area (Å²) in [6.07, 6.45) is 1.17. The van der Waals surface area contributed by atoms with E-state index in [1.54, 1.807) is 7.11 Å². The molecule has 2 aromatic rings. The van der Waals surface area contributed by atoms with Crippen molar-refractivity contribution in [2.75, 3.05) is 19.0 Å². The number of hydrogen-bond acceptors (Lipinski definition) is 2. The molecule has 0 aromatic heterocycles. The molecule has 0 fully saturated rings. The van der Waals surface area contributed by atoms with Crippen molar-refractivity contribution in [3.8, 4) is 5.75 Å². The van der Waals surface area contributed by atoms with E-state index >= 15 is 0 Å². The lowest BCUT2D eigenvalue weighted by molar-refractivity contribution is 0.416. The fourth-order valence-electron chi connectivity index (χ4n) is 2.60. The number of fused-ring (bicyclic) bond motifs is 1. The molecule has 0 bridgehead atoms. The number of benzene rings is 2. The van der Waals surface area contributed by atoms with Crippen molar-refractivity contribution in [2.24, 2.45) is 0 Å². The smallest absolute Gasteiger partial charge is 0.142 e. The largest absolute Gasteiger partial charge is 0.495 e. The summed E-state index contributed by atoms with van der Waals surface area (Å²) in [7, 11) is 1.70. The summed E-state index contributed by atoms with van der Waals surface area (Å²) in [6, 6.07) is 14.7. The maximum atomic E-state index is 5.37. The second kappa shape index (κ2) is 5.25. The highest BCUT2D eigenvalue weighted by Gasteiger charge is 2.25. The van der Waals surface area contributed by atoms with Crippen LogP contribution in [0.2, 0.25) is 0 Å². The molecule has 1 N–H and O–H groups in total. The molecule has 1 aliphatic rings. The molecule has 0 radical (unpaired) electrons. The maximum absolute atomic E-state index is 5.37. The van der Waals surface area contributed by atoms with E-state index in [1.165, 1.54) is 17.5 Å². The Morgan fingerprint density at radius 1 is 1.26 bits per heavy atom. The van der Waals surface area contributed by atoms with Crippen LogP contribution in [0.4, 0.5) is 5.69 Å². The third-order valence-corrected chi connectivity index (χ3v) is 4.15. The number of hydrogen-bond donors (Lipinski definition) is 1. The van der Waals surface area contributed by atoms with E-state index in [2.05, 4.69) is 51.6 Å². The van der Waals surface area contributed by atoms with Crippen molar-refractivity contribution in [3.05, 3.63) is 58.1 Å². The number of halogens is 1. The van der Waals surface area contributed by atoms with Crippen LogP contribution >= 0.6 is 15.9 Å². The molecule has 98 valence electrons.